The third-order valence-electron chi connectivity index (χ3n) is 3.73. The van der Waals surface area contributed by atoms with Gasteiger partial charge in [0.1, 0.15) is 11.5 Å². The molecule has 1 aromatic carbocycles. The van der Waals surface area contributed by atoms with Crippen LogP contribution >= 0.6 is 11.6 Å². The van der Waals surface area contributed by atoms with Crippen LogP contribution in [0.1, 0.15) is 17.7 Å². The normalized spacial score (nSPS) is 15.3. The zero-order valence-corrected chi connectivity index (χ0v) is 13.2. The van der Waals surface area contributed by atoms with E-state index in [2.05, 4.69) is 0 Å². The molecule has 0 amide bonds. The molecule has 2 heterocycles. The van der Waals surface area contributed by atoms with E-state index >= 15 is 0 Å². The number of ether oxygens (including phenoxy) is 2. The molecular formula is C17H16ClNO3. The minimum atomic E-state index is -0.0688. The molecule has 0 radical (unpaired) electrons. The van der Waals surface area contributed by atoms with Crippen LogP contribution in [0.5, 0.6) is 11.5 Å². The van der Waals surface area contributed by atoms with Gasteiger partial charge in [-0.15, -0.1) is 0 Å². The number of aryl methyl sites for hydroxylation is 1. The average Bonchev–Trinajstić information content (AvgIpc) is 2.52. The zero-order valence-electron chi connectivity index (χ0n) is 12.4. The fraction of sp³-hybridized carbons (Fsp3) is 0.235. The van der Waals surface area contributed by atoms with Gasteiger partial charge in [-0.3, -0.25) is 4.79 Å². The summed E-state index contributed by atoms with van der Waals surface area (Å²) in [5, 5.41) is 0.653. The minimum Gasteiger partial charge on any atom is -0.492 e. The third-order valence-corrected chi connectivity index (χ3v) is 3.99. The lowest BCUT2D eigenvalue weighted by Crippen LogP contribution is -2.26. The van der Waals surface area contributed by atoms with Gasteiger partial charge in [0, 0.05) is 35.8 Å². The predicted octanol–water partition coefficient (Wildman–Crippen LogP) is 3.55. The van der Waals surface area contributed by atoms with E-state index in [1.54, 1.807) is 42.1 Å². The maximum Gasteiger partial charge on any atom is 0.261 e. The highest BCUT2D eigenvalue weighted by atomic mass is 35.5. The first-order valence-electron chi connectivity index (χ1n) is 7.01. The van der Waals surface area contributed by atoms with Crippen molar-refractivity contribution in [1.29, 1.82) is 0 Å². The second kappa shape index (κ2) is 5.89. The van der Waals surface area contributed by atoms with Crippen LogP contribution in [0.15, 0.2) is 41.4 Å². The Balaban J connectivity index is 1.97. The molecule has 0 bridgehead atoms. The van der Waals surface area contributed by atoms with Gasteiger partial charge in [0.05, 0.1) is 18.4 Å². The van der Waals surface area contributed by atoms with E-state index < -0.39 is 0 Å². The number of rotatable bonds is 2. The van der Waals surface area contributed by atoms with Gasteiger partial charge in [0.2, 0.25) is 0 Å². The van der Waals surface area contributed by atoms with Crippen molar-refractivity contribution in [2.45, 2.75) is 13.3 Å². The van der Waals surface area contributed by atoms with Gasteiger partial charge in [0.25, 0.3) is 5.56 Å². The highest BCUT2D eigenvalue weighted by Gasteiger charge is 2.21. The van der Waals surface area contributed by atoms with Crippen LogP contribution in [0.4, 0.5) is 0 Å². The molecule has 3 rings (SSSR count). The molecule has 114 valence electrons. The number of halogens is 1. The average molecular weight is 318 g/mol. The molecule has 0 spiro atoms. The SMILES string of the molecule is Cc1cc2c(c(=O)n1C)/C(=C/Oc1ccc(Cl)cc1)CCO2. The molecule has 1 aliphatic heterocycles. The second-order valence-corrected chi connectivity index (χ2v) is 5.64. The van der Waals surface area contributed by atoms with Gasteiger partial charge >= 0.3 is 0 Å². The highest BCUT2D eigenvalue weighted by Crippen LogP contribution is 2.31. The largest absolute Gasteiger partial charge is 0.492 e. The first kappa shape index (κ1) is 14.7. The van der Waals surface area contributed by atoms with Crippen LogP contribution in [0, 0.1) is 6.92 Å². The van der Waals surface area contributed by atoms with Crippen LogP contribution in [0.2, 0.25) is 5.02 Å². The Morgan fingerprint density at radius 1 is 1.32 bits per heavy atom. The molecule has 2 aromatic rings. The summed E-state index contributed by atoms with van der Waals surface area (Å²) in [5.74, 6) is 1.30. The predicted molar refractivity (Wildman–Crippen MR) is 86.6 cm³/mol. The molecule has 4 nitrogen and oxygen atoms in total. The summed E-state index contributed by atoms with van der Waals surface area (Å²) in [6, 6.07) is 8.97. The first-order chi connectivity index (χ1) is 10.6. The van der Waals surface area contributed by atoms with Crippen molar-refractivity contribution in [1.82, 2.24) is 4.57 Å². The van der Waals surface area contributed by atoms with Crippen LogP contribution in [0.25, 0.3) is 5.57 Å². The second-order valence-electron chi connectivity index (χ2n) is 5.20. The van der Waals surface area contributed by atoms with E-state index in [0.717, 1.165) is 11.3 Å². The summed E-state index contributed by atoms with van der Waals surface area (Å²) >= 11 is 5.85. The smallest absolute Gasteiger partial charge is 0.261 e. The van der Waals surface area contributed by atoms with E-state index in [1.165, 1.54) is 0 Å². The Kier molecular flexibility index (Phi) is 3.94. The summed E-state index contributed by atoms with van der Waals surface area (Å²) in [5.41, 5.74) is 2.22. The van der Waals surface area contributed by atoms with E-state index in [9.17, 15) is 4.79 Å². The topological polar surface area (TPSA) is 40.5 Å². The lowest BCUT2D eigenvalue weighted by Gasteiger charge is -2.21. The standard InChI is InChI=1S/C17H16ClNO3/c1-11-9-15-16(17(20)19(11)2)12(7-8-21-15)10-22-14-5-3-13(18)4-6-14/h3-6,9-10H,7-8H2,1-2H3/b12-10+. The maximum atomic E-state index is 12.5. The van der Waals surface area contributed by atoms with E-state index in [1.807, 2.05) is 13.0 Å². The molecule has 1 aliphatic rings. The van der Waals surface area contributed by atoms with Gasteiger partial charge < -0.3 is 14.0 Å². The molecular weight excluding hydrogens is 302 g/mol. The van der Waals surface area contributed by atoms with Gasteiger partial charge in [-0.1, -0.05) is 11.6 Å². The molecule has 5 heteroatoms. The van der Waals surface area contributed by atoms with Gasteiger partial charge in [0.15, 0.2) is 0 Å². The van der Waals surface area contributed by atoms with E-state index in [-0.39, 0.29) is 5.56 Å². The van der Waals surface area contributed by atoms with Crippen LogP contribution in [0.3, 0.4) is 0 Å². The number of pyridine rings is 1. The van der Waals surface area contributed by atoms with E-state index in [0.29, 0.717) is 35.1 Å². The van der Waals surface area contributed by atoms with Crippen molar-refractivity contribution < 1.29 is 9.47 Å². The lowest BCUT2D eigenvalue weighted by atomic mass is 10.0. The van der Waals surface area contributed by atoms with Gasteiger partial charge in [-0.2, -0.15) is 0 Å². The Hall–Kier alpha value is -2.20. The third kappa shape index (κ3) is 2.74. The van der Waals surface area contributed by atoms with Crippen LogP contribution in [-0.4, -0.2) is 11.2 Å². The molecule has 0 fully saturated rings. The lowest BCUT2D eigenvalue weighted by molar-refractivity contribution is 0.312. The van der Waals surface area contributed by atoms with Gasteiger partial charge in [-0.05, 0) is 31.2 Å². The monoisotopic (exact) mass is 317 g/mol. The van der Waals surface area contributed by atoms with Crippen molar-refractivity contribution in [3.05, 3.63) is 63.2 Å². The Bertz CT molecular complexity index is 791. The first-order valence-corrected chi connectivity index (χ1v) is 7.39. The van der Waals surface area contributed by atoms with Crippen molar-refractivity contribution in [3.8, 4) is 11.5 Å². The van der Waals surface area contributed by atoms with Crippen molar-refractivity contribution in [3.63, 3.8) is 0 Å². The Labute approximate surface area is 133 Å². The molecule has 0 saturated heterocycles. The van der Waals surface area contributed by atoms with Crippen LogP contribution < -0.4 is 15.0 Å². The number of benzene rings is 1. The van der Waals surface area contributed by atoms with Crippen LogP contribution in [-0.2, 0) is 7.05 Å². The highest BCUT2D eigenvalue weighted by molar-refractivity contribution is 6.30. The Morgan fingerprint density at radius 3 is 2.77 bits per heavy atom. The molecule has 0 N–H and O–H groups in total. The summed E-state index contributed by atoms with van der Waals surface area (Å²) in [6.45, 7) is 2.42. The summed E-state index contributed by atoms with van der Waals surface area (Å²) < 4.78 is 12.9. The molecule has 1 aromatic heterocycles. The quantitative estimate of drug-likeness (QED) is 0.795. The summed E-state index contributed by atoms with van der Waals surface area (Å²) in [6.07, 6.45) is 2.26. The molecule has 0 aliphatic carbocycles. The minimum absolute atomic E-state index is 0.0688. The fourth-order valence-corrected chi connectivity index (χ4v) is 2.49. The zero-order chi connectivity index (χ0) is 15.7. The molecule has 22 heavy (non-hydrogen) atoms. The number of hydrogen-bond donors (Lipinski definition) is 0. The Morgan fingerprint density at radius 2 is 2.05 bits per heavy atom. The summed E-state index contributed by atoms with van der Waals surface area (Å²) in [7, 11) is 1.75. The fourth-order valence-electron chi connectivity index (χ4n) is 2.37. The molecule has 0 unspecified atom stereocenters. The van der Waals surface area contributed by atoms with Crippen molar-refractivity contribution >= 4 is 17.2 Å². The van der Waals surface area contributed by atoms with E-state index in [4.69, 9.17) is 21.1 Å². The number of nitrogens with zero attached hydrogens (tertiary/aromatic N) is 1. The summed E-state index contributed by atoms with van der Waals surface area (Å²) in [4.78, 5) is 12.5. The number of aromatic nitrogens is 1. The number of fused-ring (bicyclic) bond motifs is 1. The number of hydrogen-bond acceptors (Lipinski definition) is 3. The van der Waals surface area contributed by atoms with Crippen molar-refractivity contribution in [2.24, 2.45) is 7.05 Å². The maximum absolute atomic E-state index is 12.5. The molecule has 0 atom stereocenters. The van der Waals surface area contributed by atoms with Gasteiger partial charge in [-0.25, -0.2) is 0 Å². The van der Waals surface area contributed by atoms with Crippen molar-refractivity contribution in [2.75, 3.05) is 6.61 Å². The molecule has 0 saturated carbocycles.